The minimum Gasteiger partial charge on any atom is -0.399 e. The highest BCUT2D eigenvalue weighted by Crippen LogP contribution is 2.22. The zero-order valence-electron chi connectivity index (χ0n) is 10.2. The molecule has 0 fully saturated rings. The van der Waals surface area contributed by atoms with Crippen LogP contribution in [0.3, 0.4) is 0 Å². The predicted molar refractivity (Wildman–Crippen MR) is 77.9 cm³/mol. The topological polar surface area (TPSA) is 72.2 Å². The first kappa shape index (κ1) is 13.7. The molecule has 0 amide bonds. The van der Waals surface area contributed by atoms with Crippen molar-refractivity contribution in [2.45, 2.75) is 11.8 Å². The third-order valence-electron chi connectivity index (χ3n) is 2.58. The van der Waals surface area contributed by atoms with Crippen LogP contribution in [0.1, 0.15) is 5.56 Å². The normalized spacial score (nSPS) is 11.3. The van der Waals surface area contributed by atoms with Gasteiger partial charge >= 0.3 is 0 Å². The van der Waals surface area contributed by atoms with Crippen LogP contribution in [0.15, 0.2) is 47.4 Å². The summed E-state index contributed by atoms with van der Waals surface area (Å²) in [6.45, 7) is 1.70. The van der Waals surface area contributed by atoms with Gasteiger partial charge in [0.2, 0.25) is 0 Å². The van der Waals surface area contributed by atoms with Gasteiger partial charge in [0.1, 0.15) is 0 Å². The molecule has 6 heteroatoms. The average molecular weight is 297 g/mol. The molecule has 0 bridgehead atoms. The maximum absolute atomic E-state index is 12.2. The number of hydrogen-bond acceptors (Lipinski definition) is 3. The van der Waals surface area contributed by atoms with Crippen molar-refractivity contribution in [2.75, 3.05) is 10.5 Å². The lowest BCUT2D eigenvalue weighted by molar-refractivity contribution is 0.600. The summed E-state index contributed by atoms with van der Waals surface area (Å²) < 4.78 is 27.0. The molecular weight excluding hydrogens is 284 g/mol. The van der Waals surface area contributed by atoms with Gasteiger partial charge in [-0.25, -0.2) is 8.42 Å². The summed E-state index contributed by atoms with van der Waals surface area (Å²) in [5.41, 5.74) is 7.20. The second-order valence-corrected chi connectivity index (χ2v) is 6.22. The second-order valence-electron chi connectivity index (χ2n) is 4.14. The van der Waals surface area contributed by atoms with Crippen LogP contribution in [-0.2, 0) is 10.0 Å². The molecule has 0 saturated heterocycles. The summed E-state index contributed by atoms with van der Waals surface area (Å²) in [6.07, 6.45) is 0. The maximum Gasteiger partial charge on any atom is 0.262 e. The zero-order valence-corrected chi connectivity index (χ0v) is 11.8. The molecule has 0 aliphatic rings. The van der Waals surface area contributed by atoms with Gasteiger partial charge in [-0.3, -0.25) is 4.72 Å². The first-order chi connectivity index (χ1) is 8.88. The Morgan fingerprint density at radius 2 is 1.74 bits per heavy atom. The number of sulfonamides is 1. The van der Waals surface area contributed by atoms with E-state index in [0.29, 0.717) is 22.0 Å². The van der Waals surface area contributed by atoms with Crippen LogP contribution < -0.4 is 10.5 Å². The molecule has 0 spiro atoms. The molecule has 19 heavy (non-hydrogen) atoms. The number of hydrogen-bond donors (Lipinski definition) is 2. The first-order valence-electron chi connectivity index (χ1n) is 5.53. The number of aryl methyl sites for hydroxylation is 1. The van der Waals surface area contributed by atoms with Crippen LogP contribution in [0, 0.1) is 6.92 Å². The Kier molecular flexibility index (Phi) is 3.68. The third-order valence-corrected chi connectivity index (χ3v) is 4.38. The number of nitrogen functional groups attached to an aromatic ring is 1. The van der Waals surface area contributed by atoms with E-state index in [-0.39, 0.29) is 4.90 Å². The Balaban J connectivity index is 2.35. The van der Waals surface area contributed by atoms with E-state index in [1.54, 1.807) is 43.3 Å². The lowest BCUT2D eigenvalue weighted by atomic mass is 10.2. The van der Waals surface area contributed by atoms with Crippen LogP contribution in [0.25, 0.3) is 0 Å². The highest BCUT2D eigenvalue weighted by Gasteiger charge is 2.16. The monoisotopic (exact) mass is 296 g/mol. The molecule has 100 valence electrons. The molecule has 0 heterocycles. The van der Waals surface area contributed by atoms with Gasteiger partial charge in [-0.05, 0) is 55.0 Å². The summed E-state index contributed by atoms with van der Waals surface area (Å²) >= 11 is 5.75. The number of rotatable bonds is 3. The number of anilines is 2. The molecule has 3 N–H and O–H groups in total. The Morgan fingerprint density at radius 3 is 2.32 bits per heavy atom. The molecular formula is C13H13ClN2O2S. The Morgan fingerprint density at radius 1 is 1.11 bits per heavy atom. The fourth-order valence-corrected chi connectivity index (χ4v) is 3.11. The summed E-state index contributed by atoms with van der Waals surface area (Å²) in [5, 5.41) is 0.548. The van der Waals surface area contributed by atoms with Crippen molar-refractivity contribution >= 4 is 33.0 Å². The van der Waals surface area contributed by atoms with E-state index in [9.17, 15) is 8.42 Å². The minimum absolute atomic E-state index is 0.205. The van der Waals surface area contributed by atoms with Gasteiger partial charge < -0.3 is 5.73 Å². The van der Waals surface area contributed by atoms with E-state index < -0.39 is 10.0 Å². The molecule has 2 aromatic rings. The van der Waals surface area contributed by atoms with Gasteiger partial charge in [-0.15, -0.1) is 0 Å². The van der Waals surface area contributed by atoms with Crippen LogP contribution >= 0.6 is 11.6 Å². The van der Waals surface area contributed by atoms with Crippen molar-refractivity contribution in [3.8, 4) is 0 Å². The first-order valence-corrected chi connectivity index (χ1v) is 7.39. The summed E-state index contributed by atoms with van der Waals surface area (Å²) in [5.74, 6) is 0. The largest absolute Gasteiger partial charge is 0.399 e. The van der Waals surface area contributed by atoms with Gasteiger partial charge in [0.15, 0.2) is 0 Å². The molecule has 0 aliphatic heterocycles. The summed E-state index contributed by atoms with van der Waals surface area (Å²) in [6, 6.07) is 11.1. The number of nitrogens with two attached hydrogens (primary N) is 1. The fraction of sp³-hybridized carbons (Fsp3) is 0.0769. The summed E-state index contributed by atoms with van der Waals surface area (Å²) in [4.78, 5) is 0.205. The molecule has 0 saturated carbocycles. The molecule has 4 nitrogen and oxygen atoms in total. The van der Waals surface area contributed by atoms with E-state index in [4.69, 9.17) is 17.3 Å². The smallest absolute Gasteiger partial charge is 0.262 e. The molecule has 2 aromatic carbocycles. The number of benzene rings is 2. The van der Waals surface area contributed by atoms with E-state index in [0.717, 1.165) is 0 Å². The summed E-state index contributed by atoms with van der Waals surface area (Å²) in [7, 11) is -3.62. The van der Waals surface area contributed by atoms with E-state index >= 15 is 0 Å². The van der Waals surface area contributed by atoms with Crippen molar-refractivity contribution < 1.29 is 8.42 Å². The maximum atomic E-state index is 12.2. The molecule has 2 rings (SSSR count). The SMILES string of the molecule is Cc1cc(N)ccc1S(=O)(=O)Nc1ccc(Cl)cc1. The van der Waals surface area contributed by atoms with Gasteiger partial charge in [-0.1, -0.05) is 11.6 Å². The highest BCUT2D eigenvalue weighted by atomic mass is 35.5. The van der Waals surface area contributed by atoms with Crippen LogP contribution in [-0.4, -0.2) is 8.42 Å². The van der Waals surface area contributed by atoms with Crippen molar-refractivity contribution in [1.82, 2.24) is 0 Å². The molecule has 0 aromatic heterocycles. The van der Waals surface area contributed by atoms with Crippen molar-refractivity contribution in [1.29, 1.82) is 0 Å². The van der Waals surface area contributed by atoms with Crippen LogP contribution in [0.2, 0.25) is 5.02 Å². The van der Waals surface area contributed by atoms with Crippen molar-refractivity contribution in [3.05, 3.63) is 53.1 Å². The minimum atomic E-state index is -3.62. The average Bonchev–Trinajstić information content (AvgIpc) is 2.31. The van der Waals surface area contributed by atoms with Crippen molar-refractivity contribution in [3.63, 3.8) is 0 Å². The van der Waals surface area contributed by atoms with Crippen LogP contribution in [0.5, 0.6) is 0 Å². The van der Waals surface area contributed by atoms with Gasteiger partial charge in [0.05, 0.1) is 4.90 Å². The predicted octanol–water partition coefficient (Wildman–Crippen LogP) is 3.03. The van der Waals surface area contributed by atoms with Gasteiger partial charge in [0.25, 0.3) is 10.0 Å². The standard InChI is InChI=1S/C13H13ClN2O2S/c1-9-8-11(15)4-7-13(9)19(17,18)16-12-5-2-10(14)3-6-12/h2-8,16H,15H2,1H3. The molecule has 0 radical (unpaired) electrons. The third kappa shape index (κ3) is 3.19. The fourth-order valence-electron chi connectivity index (χ4n) is 1.70. The van der Waals surface area contributed by atoms with E-state index in [1.165, 1.54) is 6.07 Å². The van der Waals surface area contributed by atoms with Crippen molar-refractivity contribution in [2.24, 2.45) is 0 Å². The molecule has 0 unspecified atom stereocenters. The number of nitrogens with one attached hydrogen (secondary N) is 1. The highest BCUT2D eigenvalue weighted by molar-refractivity contribution is 7.92. The van der Waals surface area contributed by atoms with E-state index in [2.05, 4.69) is 4.72 Å². The quantitative estimate of drug-likeness (QED) is 0.855. The van der Waals surface area contributed by atoms with Gasteiger partial charge in [-0.2, -0.15) is 0 Å². The number of halogens is 1. The Hall–Kier alpha value is -1.72. The Labute approximate surface area is 117 Å². The Bertz CT molecular complexity index is 697. The lowest BCUT2D eigenvalue weighted by Crippen LogP contribution is -2.14. The lowest BCUT2D eigenvalue weighted by Gasteiger charge is -2.10. The van der Waals surface area contributed by atoms with Gasteiger partial charge in [0, 0.05) is 16.4 Å². The second kappa shape index (κ2) is 5.11. The van der Waals surface area contributed by atoms with Crippen LogP contribution in [0.4, 0.5) is 11.4 Å². The molecule has 0 aliphatic carbocycles. The van der Waals surface area contributed by atoms with E-state index in [1.807, 2.05) is 0 Å². The zero-order chi connectivity index (χ0) is 14.0. The molecule has 0 atom stereocenters.